The maximum Gasteiger partial charge on any atom is 0.326 e. The normalized spacial score (nSPS) is 14.9. The maximum absolute atomic E-state index is 12.2. The van der Waals surface area contributed by atoms with Gasteiger partial charge in [-0.15, -0.1) is 0 Å². The van der Waals surface area contributed by atoms with Gasteiger partial charge >= 0.3 is 5.97 Å². The molecule has 0 spiro atoms. The van der Waals surface area contributed by atoms with Crippen LogP contribution in [0.1, 0.15) is 46.5 Å². The number of carboxylic acid groups (broad SMARTS) is 1. The zero-order valence-corrected chi connectivity index (χ0v) is 13.0. The van der Waals surface area contributed by atoms with Gasteiger partial charge in [0.2, 0.25) is 11.8 Å². The smallest absolute Gasteiger partial charge is 0.326 e. The van der Waals surface area contributed by atoms with Gasteiger partial charge in [-0.2, -0.15) is 0 Å². The number of hydrogen-bond acceptors (Lipinski definition) is 4. The second-order valence-electron chi connectivity index (χ2n) is 5.25. The van der Waals surface area contributed by atoms with Crippen LogP contribution < -0.4 is 16.4 Å². The van der Waals surface area contributed by atoms with E-state index in [4.69, 9.17) is 10.8 Å². The Kier molecular flexibility index (Phi) is 9.36. The minimum atomic E-state index is -1.08. The van der Waals surface area contributed by atoms with Crippen LogP contribution in [0.2, 0.25) is 0 Å². The number of carbonyl (C=O) groups is 3. The molecule has 3 atom stereocenters. The minimum Gasteiger partial charge on any atom is -0.480 e. The molecular weight excluding hydrogens is 274 g/mol. The highest BCUT2D eigenvalue weighted by molar-refractivity contribution is 5.90. The number of carbonyl (C=O) groups excluding carboxylic acids is 2. The van der Waals surface area contributed by atoms with Crippen molar-refractivity contribution in [2.75, 3.05) is 6.54 Å². The van der Waals surface area contributed by atoms with Crippen molar-refractivity contribution in [1.29, 1.82) is 0 Å². The second kappa shape index (κ2) is 10.1. The molecule has 0 saturated carbocycles. The molecule has 0 aromatic heterocycles. The summed E-state index contributed by atoms with van der Waals surface area (Å²) in [5.41, 5.74) is 5.37. The summed E-state index contributed by atoms with van der Waals surface area (Å²) < 4.78 is 0. The van der Waals surface area contributed by atoms with Crippen molar-refractivity contribution in [2.24, 2.45) is 11.7 Å². The molecule has 122 valence electrons. The van der Waals surface area contributed by atoms with Crippen molar-refractivity contribution < 1.29 is 19.5 Å². The molecule has 0 aliphatic carbocycles. The van der Waals surface area contributed by atoms with Gasteiger partial charge in [0, 0.05) is 6.92 Å². The predicted octanol–water partition coefficient (Wildman–Crippen LogP) is 0.236. The Balaban J connectivity index is 4.73. The Labute approximate surface area is 125 Å². The zero-order chi connectivity index (χ0) is 16.4. The molecule has 21 heavy (non-hydrogen) atoms. The van der Waals surface area contributed by atoms with Crippen LogP contribution >= 0.6 is 0 Å². The van der Waals surface area contributed by atoms with E-state index in [1.807, 2.05) is 13.8 Å². The lowest BCUT2D eigenvalue weighted by molar-refractivity contribution is -0.142. The standard InChI is InChI=1S/C14H27N3O4/c1-4-9(2)12(16-10(3)18)13(19)17-11(14(20)21)7-5-6-8-15/h9,11-12H,4-8,15H2,1-3H3,(H,16,18)(H,17,19)(H,20,21)/t9-,11-,12-/m0/s1. The van der Waals surface area contributed by atoms with Crippen LogP contribution in [0.5, 0.6) is 0 Å². The molecule has 0 aliphatic heterocycles. The first-order valence-corrected chi connectivity index (χ1v) is 7.33. The molecule has 0 heterocycles. The van der Waals surface area contributed by atoms with Crippen LogP contribution in [0, 0.1) is 5.92 Å². The molecule has 0 aromatic carbocycles. The number of carboxylic acids is 1. The van der Waals surface area contributed by atoms with Gasteiger partial charge in [-0.3, -0.25) is 9.59 Å². The van der Waals surface area contributed by atoms with Crippen LogP contribution in [0.15, 0.2) is 0 Å². The van der Waals surface area contributed by atoms with E-state index in [0.717, 1.165) is 0 Å². The molecule has 2 amide bonds. The third-order valence-corrected chi connectivity index (χ3v) is 3.42. The first-order valence-electron chi connectivity index (χ1n) is 7.33. The fourth-order valence-corrected chi connectivity index (χ4v) is 1.93. The highest BCUT2D eigenvalue weighted by Crippen LogP contribution is 2.09. The lowest BCUT2D eigenvalue weighted by Crippen LogP contribution is -2.53. The van der Waals surface area contributed by atoms with Gasteiger partial charge in [0.1, 0.15) is 12.1 Å². The summed E-state index contributed by atoms with van der Waals surface area (Å²) in [7, 11) is 0. The highest BCUT2D eigenvalue weighted by Gasteiger charge is 2.28. The number of nitrogens with one attached hydrogen (secondary N) is 2. The van der Waals surface area contributed by atoms with Crippen molar-refractivity contribution >= 4 is 17.8 Å². The molecule has 7 nitrogen and oxygen atoms in total. The summed E-state index contributed by atoms with van der Waals surface area (Å²) in [6, 6.07) is -1.67. The first kappa shape index (κ1) is 19.4. The lowest BCUT2D eigenvalue weighted by Gasteiger charge is -2.25. The SMILES string of the molecule is CC[C@H](C)[C@H](NC(C)=O)C(=O)N[C@@H](CCCCN)C(=O)O. The Hall–Kier alpha value is -1.63. The molecular formula is C14H27N3O4. The summed E-state index contributed by atoms with van der Waals surface area (Å²) in [5, 5.41) is 14.2. The summed E-state index contributed by atoms with van der Waals surface area (Å²) in [6.45, 7) is 5.56. The summed E-state index contributed by atoms with van der Waals surface area (Å²) >= 11 is 0. The van der Waals surface area contributed by atoms with E-state index in [0.29, 0.717) is 32.2 Å². The van der Waals surface area contributed by atoms with E-state index < -0.39 is 24.0 Å². The van der Waals surface area contributed by atoms with Crippen LogP contribution in [0.3, 0.4) is 0 Å². The van der Waals surface area contributed by atoms with Crippen LogP contribution in [0.25, 0.3) is 0 Å². The fraction of sp³-hybridized carbons (Fsp3) is 0.786. The Bertz CT molecular complexity index is 360. The molecule has 0 saturated heterocycles. The second-order valence-corrected chi connectivity index (χ2v) is 5.25. The number of nitrogens with two attached hydrogens (primary N) is 1. The van der Waals surface area contributed by atoms with Crippen LogP contribution in [0.4, 0.5) is 0 Å². The van der Waals surface area contributed by atoms with E-state index in [2.05, 4.69) is 10.6 Å². The Morgan fingerprint density at radius 2 is 1.81 bits per heavy atom. The van der Waals surface area contributed by atoms with Crippen molar-refractivity contribution in [3.8, 4) is 0 Å². The van der Waals surface area contributed by atoms with E-state index in [1.165, 1.54) is 6.92 Å². The number of unbranched alkanes of at least 4 members (excludes halogenated alkanes) is 1. The third-order valence-electron chi connectivity index (χ3n) is 3.42. The van der Waals surface area contributed by atoms with Gasteiger partial charge < -0.3 is 21.5 Å². The fourth-order valence-electron chi connectivity index (χ4n) is 1.93. The number of aliphatic carboxylic acids is 1. The number of amides is 2. The van der Waals surface area contributed by atoms with Gasteiger partial charge in [0.25, 0.3) is 0 Å². The molecule has 0 fully saturated rings. The largest absolute Gasteiger partial charge is 0.480 e. The Morgan fingerprint density at radius 3 is 2.24 bits per heavy atom. The quantitative estimate of drug-likeness (QED) is 0.430. The average Bonchev–Trinajstić information content (AvgIpc) is 2.42. The highest BCUT2D eigenvalue weighted by atomic mass is 16.4. The molecule has 7 heteroatoms. The topological polar surface area (TPSA) is 122 Å². The van der Waals surface area contributed by atoms with E-state index in [-0.39, 0.29) is 11.8 Å². The van der Waals surface area contributed by atoms with Gasteiger partial charge in [-0.25, -0.2) is 4.79 Å². The predicted molar refractivity (Wildman–Crippen MR) is 79.5 cm³/mol. The molecule has 0 bridgehead atoms. The summed E-state index contributed by atoms with van der Waals surface area (Å²) in [5.74, 6) is -1.93. The van der Waals surface area contributed by atoms with Gasteiger partial charge in [-0.1, -0.05) is 20.3 Å². The number of hydrogen-bond donors (Lipinski definition) is 4. The average molecular weight is 301 g/mol. The lowest BCUT2D eigenvalue weighted by atomic mass is 9.97. The summed E-state index contributed by atoms with van der Waals surface area (Å²) in [4.78, 5) is 34.6. The van der Waals surface area contributed by atoms with Crippen LogP contribution in [-0.2, 0) is 14.4 Å². The van der Waals surface area contributed by atoms with Crippen LogP contribution in [-0.4, -0.2) is 41.5 Å². The molecule has 5 N–H and O–H groups in total. The van der Waals surface area contributed by atoms with E-state index in [1.54, 1.807) is 0 Å². The first-order chi connectivity index (χ1) is 9.83. The van der Waals surface area contributed by atoms with Crippen molar-refractivity contribution in [3.63, 3.8) is 0 Å². The van der Waals surface area contributed by atoms with Gasteiger partial charge in [-0.05, 0) is 31.7 Å². The zero-order valence-electron chi connectivity index (χ0n) is 13.0. The molecule has 0 rings (SSSR count). The molecule has 0 radical (unpaired) electrons. The van der Waals surface area contributed by atoms with Crippen molar-refractivity contribution in [1.82, 2.24) is 10.6 Å². The van der Waals surface area contributed by atoms with Crippen molar-refractivity contribution in [2.45, 2.75) is 58.5 Å². The van der Waals surface area contributed by atoms with E-state index >= 15 is 0 Å². The van der Waals surface area contributed by atoms with Gasteiger partial charge in [0.05, 0.1) is 0 Å². The molecule has 0 aliphatic rings. The third kappa shape index (κ3) is 7.65. The maximum atomic E-state index is 12.2. The molecule has 0 unspecified atom stereocenters. The Morgan fingerprint density at radius 1 is 1.19 bits per heavy atom. The van der Waals surface area contributed by atoms with Crippen molar-refractivity contribution in [3.05, 3.63) is 0 Å². The molecule has 0 aromatic rings. The van der Waals surface area contributed by atoms with E-state index in [9.17, 15) is 14.4 Å². The number of rotatable bonds is 10. The summed E-state index contributed by atoms with van der Waals surface area (Å²) in [6.07, 6.45) is 2.36. The minimum absolute atomic E-state index is 0.0765. The monoisotopic (exact) mass is 301 g/mol. The van der Waals surface area contributed by atoms with Gasteiger partial charge in [0.15, 0.2) is 0 Å².